The molecule has 0 aromatic heterocycles. The van der Waals surface area contributed by atoms with E-state index in [1.54, 1.807) is 6.92 Å². The van der Waals surface area contributed by atoms with Crippen molar-refractivity contribution in [3.8, 4) is 0 Å². The van der Waals surface area contributed by atoms with Crippen LogP contribution in [0, 0.1) is 5.92 Å². The summed E-state index contributed by atoms with van der Waals surface area (Å²) in [6.45, 7) is 1.70. The molecule has 2 unspecified atom stereocenters. The Morgan fingerprint density at radius 3 is 2.31 bits per heavy atom. The Kier molecular flexibility index (Phi) is 6.09. The minimum atomic E-state index is -1.02. The van der Waals surface area contributed by atoms with Gasteiger partial charge in [0.1, 0.15) is 0 Å². The maximum Gasteiger partial charge on any atom is 0.308 e. The van der Waals surface area contributed by atoms with E-state index in [9.17, 15) is 14.4 Å². The van der Waals surface area contributed by atoms with Crippen LogP contribution in [0.4, 0.5) is 0 Å². The first-order valence-corrected chi connectivity index (χ1v) is 4.92. The lowest BCUT2D eigenvalue weighted by molar-refractivity contribution is -0.141. The Bertz CT molecular complexity index is 280. The average molecular weight is 231 g/mol. The standard InChI is InChI=1S/C9H17N3O4/c1-2-5(9(15)16)4-12-8(14)6(10)3-7(11)13/h5-6H,2-4,10H2,1H3,(H2,11,13)(H,12,14)(H,15,16). The minimum absolute atomic E-state index is 0.00285. The smallest absolute Gasteiger partial charge is 0.308 e. The molecular formula is C9H17N3O4. The van der Waals surface area contributed by atoms with Crippen molar-refractivity contribution in [1.29, 1.82) is 0 Å². The van der Waals surface area contributed by atoms with Crippen LogP contribution in [0.1, 0.15) is 19.8 Å². The van der Waals surface area contributed by atoms with Crippen LogP contribution < -0.4 is 16.8 Å². The molecule has 0 bridgehead atoms. The Morgan fingerprint density at radius 1 is 1.38 bits per heavy atom. The van der Waals surface area contributed by atoms with Gasteiger partial charge in [0.2, 0.25) is 11.8 Å². The Labute approximate surface area is 93.2 Å². The van der Waals surface area contributed by atoms with Crippen molar-refractivity contribution in [2.75, 3.05) is 6.54 Å². The number of carboxylic acids is 1. The van der Waals surface area contributed by atoms with Gasteiger partial charge in [0.15, 0.2) is 0 Å². The van der Waals surface area contributed by atoms with E-state index in [-0.39, 0.29) is 13.0 Å². The quantitative estimate of drug-likeness (QED) is 0.419. The van der Waals surface area contributed by atoms with Gasteiger partial charge >= 0.3 is 5.97 Å². The van der Waals surface area contributed by atoms with Crippen molar-refractivity contribution >= 4 is 17.8 Å². The van der Waals surface area contributed by atoms with Crippen molar-refractivity contribution in [2.45, 2.75) is 25.8 Å². The average Bonchev–Trinajstić information content (AvgIpc) is 2.16. The van der Waals surface area contributed by atoms with E-state index in [0.717, 1.165) is 0 Å². The first-order chi connectivity index (χ1) is 7.38. The number of nitrogens with two attached hydrogens (primary N) is 2. The fourth-order valence-corrected chi connectivity index (χ4v) is 1.07. The van der Waals surface area contributed by atoms with Crippen molar-refractivity contribution in [2.24, 2.45) is 17.4 Å². The van der Waals surface area contributed by atoms with Gasteiger partial charge in [-0.1, -0.05) is 6.92 Å². The largest absolute Gasteiger partial charge is 0.481 e. The summed E-state index contributed by atoms with van der Waals surface area (Å²) < 4.78 is 0. The second-order valence-electron chi connectivity index (χ2n) is 3.47. The van der Waals surface area contributed by atoms with Crippen LogP contribution in [0.15, 0.2) is 0 Å². The molecule has 0 saturated heterocycles. The second kappa shape index (κ2) is 6.78. The highest BCUT2D eigenvalue weighted by Crippen LogP contribution is 2.00. The molecule has 0 spiro atoms. The van der Waals surface area contributed by atoms with Crippen molar-refractivity contribution < 1.29 is 19.5 Å². The van der Waals surface area contributed by atoms with E-state index >= 15 is 0 Å². The minimum Gasteiger partial charge on any atom is -0.481 e. The molecule has 0 saturated carbocycles. The van der Waals surface area contributed by atoms with E-state index in [0.29, 0.717) is 6.42 Å². The van der Waals surface area contributed by atoms with Crippen molar-refractivity contribution in [3.63, 3.8) is 0 Å². The summed E-state index contributed by atoms with van der Waals surface area (Å²) in [6, 6.07) is -1.02. The first-order valence-electron chi connectivity index (χ1n) is 4.92. The van der Waals surface area contributed by atoms with Crippen LogP contribution in [-0.4, -0.2) is 35.5 Å². The number of carboxylic acid groups (broad SMARTS) is 1. The van der Waals surface area contributed by atoms with E-state index in [1.165, 1.54) is 0 Å². The molecule has 0 heterocycles. The highest BCUT2D eigenvalue weighted by molar-refractivity contribution is 5.87. The predicted molar refractivity (Wildman–Crippen MR) is 56.2 cm³/mol. The molecule has 0 rings (SSSR count). The summed E-state index contributed by atoms with van der Waals surface area (Å²) in [5.74, 6) is -2.87. The normalized spacial score (nSPS) is 13.9. The van der Waals surface area contributed by atoms with Gasteiger partial charge in [-0.05, 0) is 6.42 Å². The molecule has 0 radical (unpaired) electrons. The van der Waals surface area contributed by atoms with Gasteiger partial charge in [-0.3, -0.25) is 14.4 Å². The predicted octanol–water partition coefficient (Wildman–Crippen LogP) is -1.58. The van der Waals surface area contributed by atoms with Crippen LogP contribution >= 0.6 is 0 Å². The van der Waals surface area contributed by atoms with Crippen LogP contribution in [0.2, 0.25) is 0 Å². The number of carbonyl (C=O) groups is 3. The third-order valence-corrected chi connectivity index (χ3v) is 2.12. The van der Waals surface area contributed by atoms with Gasteiger partial charge in [-0.15, -0.1) is 0 Å². The Hall–Kier alpha value is -1.63. The highest BCUT2D eigenvalue weighted by Gasteiger charge is 2.19. The third-order valence-electron chi connectivity index (χ3n) is 2.12. The van der Waals surface area contributed by atoms with Crippen LogP contribution in [-0.2, 0) is 14.4 Å². The van der Waals surface area contributed by atoms with Gasteiger partial charge in [0, 0.05) is 6.54 Å². The number of rotatable bonds is 7. The van der Waals surface area contributed by atoms with E-state index in [4.69, 9.17) is 16.6 Å². The first kappa shape index (κ1) is 14.4. The number of carbonyl (C=O) groups excluding carboxylic acids is 2. The lowest BCUT2D eigenvalue weighted by atomic mass is 10.1. The number of aliphatic carboxylic acids is 1. The summed E-state index contributed by atoms with van der Waals surface area (Å²) in [5.41, 5.74) is 10.2. The fourth-order valence-electron chi connectivity index (χ4n) is 1.07. The van der Waals surface area contributed by atoms with Gasteiger partial charge < -0.3 is 21.9 Å². The zero-order valence-corrected chi connectivity index (χ0v) is 9.10. The van der Waals surface area contributed by atoms with Crippen molar-refractivity contribution in [3.05, 3.63) is 0 Å². The van der Waals surface area contributed by atoms with Crippen LogP contribution in [0.3, 0.4) is 0 Å². The number of primary amides is 1. The number of hydrogen-bond donors (Lipinski definition) is 4. The molecule has 16 heavy (non-hydrogen) atoms. The monoisotopic (exact) mass is 231 g/mol. The zero-order valence-electron chi connectivity index (χ0n) is 9.10. The molecule has 2 amide bonds. The van der Waals surface area contributed by atoms with Crippen LogP contribution in [0.5, 0.6) is 0 Å². The van der Waals surface area contributed by atoms with E-state index in [1.807, 2.05) is 0 Å². The lowest BCUT2D eigenvalue weighted by Gasteiger charge is -2.13. The molecule has 6 N–H and O–H groups in total. The van der Waals surface area contributed by atoms with E-state index < -0.39 is 29.7 Å². The zero-order chi connectivity index (χ0) is 12.7. The summed E-state index contributed by atoms with van der Waals surface area (Å²) in [5, 5.41) is 11.1. The second-order valence-corrected chi connectivity index (χ2v) is 3.47. The number of hydrogen-bond acceptors (Lipinski definition) is 4. The third kappa shape index (κ3) is 5.30. The molecule has 0 aromatic carbocycles. The topological polar surface area (TPSA) is 136 Å². The summed E-state index contributed by atoms with van der Waals surface area (Å²) >= 11 is 0. The summed E-state index contributed by atoms with van der Waals surface area (Å²) in [7, 11) is 0. The maximum atomic E-state index is 11.3. The molecule has 0 aromatic rings. The summed E-state index contributed by atoms with van der Waals surface area (Å²) in [6.07, 6.45) is 0.149. The number of nitrogens with one attached hydrogen (secondary N) is 1. The molecular weight excluding hydrogens is 214 g/mol. The molecule has 92 valence electrons. The van der Waals surface area contributed by atoms with Gasteiger partial charge in [0.05, 0.1) is 18.4 Å². The van der Waals surface area contributed by atoms with Gasteiger partial charge in [0.25, 0.3) is 0 Å². The molecule has 2 atom stereocenters. The molecule has 7 heteroatoms. The molecule has 0 fully saturated rings. The lowest BCUT2D eigenvalue weighted by Crippen LogP contribution is -2.45. The highest BCUT2D eigenvalue weighted by atomic mass is 16.4. The Morgan fingerprint density at radius 2 is 1.94 bits per heavy atom. The van der Waals surface area contributed by atoms with E-state index in [2.05, 4.69) is 5.32 Å². The van der Waals surface area contributed by atoms with Crippen molar-refractivity contribution in [1.82, 2.24) is 5.32 Å². The number of amides is 2. The van der Waals surface area contributed by atoms with Crippen LogP contribution in [0.25, 0.3) is 0 Å². The molecule has 0 aliphatic rings. The van der Waals surface area contributed by atoms with Gasteiger partial charge in [-0.2, -0.15) is 0 Å². The maximum absolute atomic E-state index is 11.3. The summed E-state index contributed by atoms with van der Waals surface area (Å²) in [4.78, 5) is 32.4. The molecule has 0 aliphatic heterocycles. The Balaban J connectivity index is 4.05. The molecule has 7 nitrogen and oxygen atoms in total. The molecule has 0 aliphatic carbocycles. The SMILES string of the molecule is CCC(CNC(=O)C(N)CC(N)=O)C(=O)O. The van der Waals surface area contributed by atoms with Gasteiger partial charge in [-0.25, -0.2) is 0 Å². The fraction of sp³-hybridized carbons (Fsp3) is 0.667.